The topological polar surface area (TPSA) is 60.9 Å². The minimum Gasteiger partial charge on any atom is -0.389 e. The molecule has 0 fully saturated rings. The molecule has 0 aliphatic heterocycles. The zero-order valence-corrected chi connectivity index (χ0v) is 13.3. The summed E-state index contributed by atoms with van der Waals surface area (Å²) in [5.41, 5.74) is 4.62. The first-order chi connectivity index (χ1) is 9.88. The van der Waals surface area contributed by atoms with E-state index >= 15 is 0 Å². The lowest BCUT2D eigenvalue weighted by Crippen LogP contribution is -2.19. The van der Waals surface area contributed by atoms with Crippen molar-refractivity contribution < 1.29 is 5.11 Å². The van der Waals surface area contributed by atoms with Gasteiger partial charge in [0.2, 0.25) is 0 Å². The number of aliphatic hydroxyl groups excluding tert-OH is 1. The van der Waals surface area contributed by atoms with Gasteiger partial charge < -0.3 is 10.4 Å². The Kier molecular flexibility index (Phi) is 4.80. The monoisotopic (exact) mass is 287 g/mol. The third-order valence-corrected chi connectivity index (χ3v) is 3.57. The fourth-order valence-electron chi connectivity index (χ4n) is 2.35. The highest BCUT2D eigenvalue weighted by atomic mass is 16.3. The summed E-state index contributed by atoms with van der Waals surface area (Å²) in [6, 6.07) is 8.05. The summed E-state index contributed by atoms with van der Waals surface area (Å²) in [7, 11) is 0. The molecule has 0 bridgehead atoms. The van der Waals surface area contributed by atoms with Gasteiger partial charge >= 0.3 is 0 Å². The lowest BCUT2D eigenvalue weighted by atomic mass is 9.89. The number of H-pyrrole nitrogens is 1. The van der Waals surface area contributed by atoms with E-state index in [4.69, 9.17) is 0 Å². The zero-order chi connectivity index (χ0) is 15.5. The molecular weight excluding hydrogens is 262 g/mol. The van der Waals surface area contributed by atoms with E-state index in [9.17, 15) is 5.11 Å². The Hall–Kier alpha value is -1.65. The number of aromatic amines is 1. The first-order valence-corrected chi connectivity index (χ1v) is 7.38. The molecule has 0 saturated heterocycles. The van der Waals surface area contributed by atoms with E-state index in [2.05, 4.69) is 48.4 Å². The largest absolute Gasteiger partial charge is 0.389 e. The highest BCUT2D eigenvalue weighted by molar-refractivity contribution is 5.25. The van der Waals surface area contributed by atoms with Crippen molar-refractivity contribution in [3.05, 3.63) is 52.8 Å². The first-order valence-electron chi connectivity index (χ1n) is 7.38. The van der Waals surface area contributed by atoms with Gasteiger partial charge in [-0.25, -0.2) is 0 Å². The van der Waals surface area contributed by atoms with E-state index in [1.54, 1.807) is 6.92 Å². The van der Waals surface area contributed by atoms with Crippen LogP contribution < -0.4 is 5.32 Å². The van der Waals surface area contributed by atoms with Crippen molar-refractivity contribution in [1.82, 2.24) is 15.5 Å². The van der Waals surface area contributed by atoms with E-state index < -0.39 is 6.10 Å². The van der Waals surface area contributed by atoms with Crippen LogP contribution in [-0.4, -0.2) is 15.3 Å². The molecule has 1 atom stereocenters. The number of nitrogens with zero attached hydrogens (tertiary/aromatic N) is 1. The molecule has 0 aliphatic carbocycles. The molecule has 3 N–H and O–H groups in total. The van der Waals surface area contributed by atoms with E-state index in [-0.39, 0.29) is 5.41 Å². The lowest BCUT2D eigenvalue weighted by molar-refractivity contribution is 0.199. The summed E-state index contributed by atoms with van der Waals surface area (Å²) in [4.78, 5) is 0. The molecule has 0 saturated carbocycles. The quantitative estimate of drug-likeness (QED) is 0.792. The van der Waals surface area contributed by atoms with Crippen LogP contribution in [0.1, 0.15) is 56.2 Å². The van der Waals surface area contributed by atoms with Crippen molar-refractivity contribution in [1.29, 1.82) is 0 Å². The Labute approximate surface area is 126 Å². The number of hydrogen-bond donors (Lipinski definition) is 3. The van der Waals surface area contributed by atoms with Gasteiger partial charge in [0, 0.05) is 29.8 Å². The molecular formula is C17H25N3O. The van der Waals surface area contributed by atoms with Crippen LogP contribution in [0.3, 0.4) is 0 Å². The van der Waals surface area contributed by atoms with Crippen LogP contribution in [-0.2, 0) is 18.5 Å². The summed E-state index contributed by atoms with van der Waals surface area (Å²) < 4.78 is 0. The summed E-state index contributed by atoms with van der Waals surface area (Å²) in [5.74, 6) is 0. The van der Waals surface area contributed by atoms with E-state index in [1.807, 2.05) is 18.3 Å². The number of rotatable bonds is 5. The first kappa shape index (κ1) is 15.7. The normalized spacial score (nSPS) is 13.4. The molecule has 1 heterocycles. The molecule has 4 heteroatoms. The van der Waals surface area contributed by atoms with Gasteiger partial charge in [-0.15, -0.1) is 0 Å². The number of hydrogen-bond acceptors (Lipinski definition) is 3. The summed E-state index contributed by atoms with van der Waals surface area (Å²) in [6.45, 7) is 9.91. The standard InChI is InChI=1S/C17H25N3O/c1-12(21)14-7-5-13(6-8-14)9-18-10-15-11-19-20-16(15)17(2,3)4/h5-8,11-12,18,21H,9-10H2,1-4H3,(H,19,20)/t12-/m1/s1. The Balaban J connectivity index is 1.91. The van der Waals surface area contributed by atoms with Crippen LogP contribution in [0, 0.1) is 0 Å². The van der Waals surface area contributed by atoms with E-state index in [1.165, 1.54) is 16.8 Å². The SMILES string of the molecule is C[C@@H](O)c1ccc(CNCc2cn[nH]c2C(C)(C)C)cc1. The van der Waals surface area contributed by atoms with Gasteiger partial charge in [-0.3, -0.25) is 5.10 Å². The Morgan fingerprint density at radius 1 is 1.19 bits per heavy atom. The molecule has 4 nitrogen and oxygen atoms in total. The molecule has 114 valence electrons. The van der Waals surface area contributed by atoms with Gasteiger partial charge in [-0.2, -0.15) is 5.10 Å². The van der Waals surface area contributed by atoms with Crippen LogP contribution >= 0.6 is 0 Å². The van der Waals surface area contributed by atoms with E-state index in [0.717, 1.165) is 18.7 Å². The third-order valence-electron chi connectivity index (χ3n) is 3.57. The van der Waals surface area contributed by atoms with Gasteiger partial charge in [0.05, 0.1) is 12.3 Å². The highest BCUT2D eigenvalue weighted by Crippen LogP contribution is 2.23. The second kappa shape index (κ2) is 6.41. The molecule has 1 aromatic carbocycles. The van der Waals surface area contributed by atoms with Crippen molar-refractivity contribution in [3.63, 3.8) is 0 Å². The van der Waals surface area contributed by atoms with Gasteiger partial charge in [0.15, 0.2) is 0 Å². The molecule has 0 radical (unpaired) electrons. The molecule has 0 amide bonds. The fourth-order valence-corrected chi connectivity index (χ4v) is 2.35. The Morgan fingerprint density at radius 2 is 1.86 bits per heavy atom. The maximum Gasteiger partial charge on any atom is 0.0761 e. The Bertz CT molecular complexity index is 564. The minimum absolute atomic E-state index is 0.0758. The van der Waals surface area contributed by atoms with Crippen molar-refractivity contribution in [2.75, 3.05) is 0 Å². The van der Waals surface area contributed by atoms with Gasteiger partial charge in [-0.1, -0.05) is 45.0 Å². The number of aromatic nitrogens is 2. The molecule has 0 spiro atoms. The average molecular weight is 287 g/mol. The summed E-state index contributed by atoms with van der Waals surface area (Å²) in [6.07, 6.45) is 1.48. The van der Waals surface area contributed by atoms with Crippen molar-refractivity contribution >= 4 is 0 Å². The third kappa shape index (κ3) is 4.16. The van der Waals surface area contributed by atoms with Crippen molar-refractivity contribution in [2.24, 2.45) is 0 Å². The summed E-state index contributed by atoms with van der Waals surface area (Å²) >= 11 is 0. The average Bonchev–Trinajstić information content (AvgIpc) is 2.88. The predicted octanol–water partition coefficient (Wildman–Crippen LogP) is 3.05. The maximum atomic E-state index is 9.50. The van der Waals surface area contributed by atoms with Crippen LogP contribution in [0.25, 0.3) is 0 Å². The maximum absolute atomic E-state index is 9.50. The van der Waals surface area contributed by atoms with Gasteiger partial charge in [0.25, 0.3) is 0 Å². The second-order valence-corrected chi connectivity index (χ2v) is 6.54. The van der Waals surface area contributed by atoms with Crippen LogP contribution in [0.2, 0.25) is 0 Å². The smallest absolute Gasteiger partial charge is 0.0761 e. The van der Waals surface area contributed by atoms with Crippen LogP contribution in [0.15, 0.2) is 30.5 Å². The lowest BCUT2D eigenvalue weighted by Gasteiger charge is -2.18. The highest BCUT2D eigenvalue weighted by Gasteiger charge is 2.19. The number of benzene rings is 1. The Morgan fingerprint density at radius 3 is 2.43 bits per heavy atom. The number of aliphatic hydroxyl groups is 1. The minimum atomic E-state index is -0.410. The summed E-state index contributed by atoms with van der Waals surface area (Å²) in [5, 5.41) is 20.2. The predicted molar refractivity (Wildman–Crippen MR) is 84.9 cm³/mol. The van der Waals surface area contributed by atoms with Gasteiger partial charge in [0.1, 0.15) is 0 Å². The van der Waals surface area contributed by atoms with E-state index in [0.29, 0.717) is 0 Å². The zero-order valence-electron chi connectivity index (χ0n) is 13.3. The molecule has 0 aliphatic rings. The molecule has 2 aromatic rings. The molecule has 0 unspecified atom stereocenters. The number of nitrogens with one attached hydrogen (secondary N) is 2. The van der Waals surface area contributed by atoms with Crippen molar-refractivity contribution in [3.8, 4) is 0 Å². The second-order valence-electron chi connectivity index (χ2n) is 6.54. The van der Waals surface area contributed by atoms with Gasteiger partial charge in [-0.05, 0) is 18.1 Å². The molecule has 2 rings (SSSR count). The molecule has 21 heavy (non-hydrogen) atoms. The molecule has 1 aromatic heterocycles. The van der Waals surface area contributed by atoms with Crippen molar-refractivity contribution in [2.45, 2.75) is 52.3 Å². The van der Waals surface area contributed by atoms with Crippen LogP contribution in [0.5, 0.6) is 0 Å². The van der Waals surface area contributed by atoms with Crippen LogP contribution in [0.4, 0.5) is 0 Å². The fraction of sp³-hybridized carbons (Fsp3) is 0.471.